The molecule has 0 aliphatic carbocycles. The van der Waals surface area contributed by atoms with Crippen molar-refractivity contribution in [3.8, 4) is 0 Å². The number of fused-ring (bicyclic) bond motifs is 1. The van der Waals surface area contributed by atoms with Crippen molar-refractivity contribution in [3.63, 3.8) is 0 Å². The van der Waals surface area contributed by atoms with Gasteiger partial charge in [-0.3, -0.25) is 24.1 Å². The fraction of sp³-hybridized carbons (Fsp3) is 0.412. The van der Waals surface area contributed by atoms with Crippen molar-refractivity contribution in [1.82, 2.24) is 9.80 Å². The van der Waals surface area contributed by atoms with Gasteiger partial charge in [-0.05, 0) is 18.6 Å². The monoisotopic (exact) mass is 332 g/mol. The van der Waals surface area contributed by atoms with Crippen LogP contribution in [-0.4, -0.2) is 58.2 Å². The average molecular weight is 332 g/mol. The molecule has 0 spiro atoms. The molecule has 0 bridgehead atoms. The summed E-state index contributed by atoms with van der Waals surface area (Å²) in [6, 6.07) is 6.56. The standard InChI is InChI=1S/C17H20N2O5/c1-2-9-18(10-8-15(21)22)14(20)7-11-19-16(23)12-5-3-4-6-13(12)17(19)24/h3-6H,2,7-11H2,1H3,(H,21,22). The van der Waals surface area contributed by atoms with Crippen molar-refractivity contribution in [3.05, 3.63) is 35.4 Å². The predicted octanol–water partition coefficient (Wildman–Crippen LogP) is 1.39. The summed E-state index contributed by atoms with van der Waals surface area (Å²) in [5, 5.41) is 8.75. The van der Waals surface area contributed by atoms with E-state index < -0.39 is 17.8 Å². The Morgan fingerprint density at radius 1 is 1.04 bits per heavy atom. The summed E-state index contributed by atoms with van der Waals surface area (Å²) in [5.74, 6) is -2.01. The molecule has 1 N–H and O–H groups in total. The molecule has 0 unspecified atom stereocenters. The second-order valence-electron chi connectivity index (χ2n) is 5.58. The zero-order valence-electron chi connectivity index (χ0n) is 13.5. The quantitative estimate of drug-likeness (QED) is 0.726. The van der Waals surface area contributed by atoms with Gasteiger partial charge in [0.05, 0.1) is 17.5 Å². The number of hydrogen-bond acceptors (Lipinski definition) is 4. The van der Waals surface area contributed by atoms with Crippen molar-refractivity contribution in [1.29, 1.82) is 0 Å². The molecule has 1 aliphatic rings. The third-order valence-corrected chi connectivity index (χ3v) is 3.87. The average Bonchev–Trinajstić information content (AvgIpc) is 2.81. The van der Waals surface area contributed by atoms with Crippen LogP contribution in [0.1, 0.15) is 46.9 Å². The number of amides is 3. The highest BCUT2D eigenvalue weighted by Gasteiger charge is 2.35. The van der Waals surface area contributed by atoms with Crippen LogP contribution >= 0.6 is 0 Å². The first-order valence-electron chi connectivity index (χ1n) is 7.90. The van der Waals surface area contributed by atoms with Gasteiger partial charge < -0.3 is 10.0 Å². The molecule has 1 heterocycles. The molecular formula is C17H20N2O5. The van der Waals surface area contributed by atoms with Crippen LogP contribution in [-0.2, 0) is 9.59 Å². The Kier molecular flexibility index (Phi) is 5.68. The van der Waals surface area contributed by atoms with Gasteiger partial charge in [-0.2, -0.15) is 0 Å². The van der Waals surface area contributed by atoms with Crippen molar-refractivity contribution in [2.45, 2.75) is 26.2 Å². The third kappa shape index (κ3) is 3.79. The first kappa shape index (κ1) is 17.7. The topological polar surface area (TPSA) is 95.0 Å². The molecular weight excluding hydrogens is 312 g/mol. The second kappa shape index (κ2) is 7.72. The minimum Gasteiger partial charge on any atom is -0.481 e. The van der Waals surface area contributed by atoms with E-state index >= 15 is 0 Å². The highest BCUT2D eigenvalue weighted by atomic mass is 16.4. The molecule has 24 heavy (non-hydrogen) atoms. The largest absolute Gasteiger partial charge is 0.481 e. The molecule has 3 amide bonds. The fourth-order valence-electron chi connectivity index (χ4n) is 2.67. The molecule has 0 saturated heterocycles. The maximum absolute atomic E-state index is 12.3. The molecule has 2 rings (SSSR count). The van der Waals surface area contributed by atoms with Gasteiger partial charge in [0.2, 0.25) is 5.91 Å². The van der Waals surface area contributed by atoms with Crippen LogP contribution in [0.3, 0.4) is 0 Å². The van der Waals surface area contributed by atoms with Gasteiger partial charge in [0, 0.05) is 26.1 Å². The lowest BCUT2D eigenvalue weighted by Crippen LogP contribution is -2.38. The SMILES string of the molecule is CCCN(CCC(=O)O)C(=O)CCN1C(=O)c2ccccc2C1=O. The summed E-state index contributed by atoms with van der Waals surface area (Å²) in [7, 11) is 0. The van der Waals surface area contributed by atoms with E-state index in [0.717, 1.165) is 4.90 Å². The predicted molar refractivity (Wildman–Crippen MR) is 85.5 cm³/mol. The van der Waals surface area contributed by atoms with E-state index in [0.29, 0.717) is 24.1 Å². The molecule has 0 aromatic heterocycles. The molecule has 0 atom stereocenters. The summed E-state index contributed by atoms with van der Waals surface area (Å²) < 4.78 is 0. The van der Waals surface area contributed by atoms with E-state index in [9.17, 15) is 19.2 Å². The van der Waals surface area contributed by atoms with Gasteiger partial charge in [-0.25, -0.2) is 0 Å². The zero-order valence-corrected chi connectivity index (χ0v) is 13.5. The first-order valence-corrected chi connectivity index (χ1v) is 7.90. The van der Waals surface area contributed by atoms with Gasteiger partial charge in [0.25, 0.3) is 11.8 Å². The van der Waals surface area contributed by atoms with Crippen LogP contribution in [0.4, 0.5) is 0 Å². The lowest BCUT2D eigenvalue weighted by atomic mass is 10.1. The number of imide groups is 1. The van der Waals surface area contributed by atoms with Gasteiger partial charge in [-0.15, -0.1) is 0 Å². The Bertz CT molecular complexity index is 636. The molecule has 1 aromatic carbocycles. The van der Waals surface area contributed by atoms with Crippen LogP contribution in [0.25, 0.3) is 0 Å². The molecule has 1 aliphatic heterocycles. The summed E-state index contributed by atoms with van der Waals surface area (Å²) in [6.45, 7) is 2.47. The Hall–Kier alpha value is -2.70. The minimum absolute atomic E-state index is 0.00152. The Morgan fingerprint density at radius 2 is 1.62 bits per heavy atom. The van der Waals surface area contributed by atoms with E-state index in [1.807, 2.05) is 6.92 Å². The number of carbonyl (C=O) groups is 4. The van der Waals surface area contributed by atoms with E-state index in [-0.39, 0.29) is 31.8 Å². The number of benzene rings is 1. The summed E-state index contributed by atoms with van der Waals surface area (Å²) in [4.78, 5) is 49.9. The smallest absolute Gasteiger partial charge is 0.305 e. The highest BCUT2D eigenvalue weighted by Crippen LogP contribution is 2.22. The Labute approximate surface area is 139 Å². The van der Waals surface area contributed by atoms with Crippen LogP contribution < -0.4 is 0 Å². The van der Waals surface area contributed by atoms with Crippen molar-refractivity contribution < 1.29 is 24.3 Å². The zero-order chi connectivity index (χ0) is 17.7. The van der Waals surface area contributed by atoms with Gasteiger partial charge >= 0.3 is 5.97 Å². The normalized spacial score (nSPS) is 13.1. The number of rotatable bonds is 8. The first-order chi connectivity index (χ1) is 11.5. The lowest BCUT2D eigenvalue weighted by molar-refractivity contribution is -0.138. The summed E-state index contributed by atoms with van der Waals surface area (Å²) >= 11 is 0. The van der Waals surface area contributed by atoms with E-state index in [2.05, 4.69) is 0 Å². The van der Waals surface area contributed by atoms with Crippen molar-refractivity contribution >= 4 is 23.7 Å². The number of nitrogens with zero attached hydrogens (tertiary/aromatic N) is 2. The Morgan fingerprint density at radius 3 is 2.12 bits per heavy atom. The second-order valence-corrected chi connectivity index (χ2v) is 5.58. The molecule has 1 aromatic rings. The molecule has 7 nitrogen and oxygen atoms in total. The van der Waals surface area contributed by atoms with Crippen LogP contribution in [0, 0.1) is 0 Å². The highest BCUT2D eigenvalue weighted by molar-refractivity contribution is 6.21. The molecule has 0 fully saturated rings. The van der Waals surface area contributed by atoms with Crippen LogP contribution in [0.5, 0.6) is 0 Å². The molecule has 0 saturated carbocycles. The van der Waals surface area contributed by atoms with Crippen molar-refractivity contribution in [2.24, 2.45) is 0 Å². The number of hydrogen-bond donors (Lipinski definition) is 1. The van der Waals surface area contributed by atoms with E-state index in [1.165, 1.54) is 4.90 Å². The van der Waals surface area contributed by atoms with Crippen LogP contribution in [0.2, 0.25) is 0 Å². The Balaban J connectivity index is 1.97. The number of carboxylic acid groups (broad SMARTS) is 1. The fourth-order valence-corrected chi connectivity index (χ4v) is 2.67. The third-order valence-electron chi connectivity index (χ3n) is 3.87. The number of carbonyl (C=O) groups excluding carboxylic acids is 3. The van der Waals surface area contributed by atoms with Gasteiger partial charge in [0.1, 0.15) is 0 Å². The molecule has 128 valence electrons. The van der Waals surface area contributed by atoms with Gasteiger partial charge in [-0.1, -0.05) is 19.1 Å². The number of carboxylic acids is 1. The molecule has 0 radical (unpaired) electrons. The number of aliphatic carboxylic acids is 1. The van der Waals surface area contributed by atoms with Crippen LogP contribution in [0.15, 0.2) is 24.3 Å². The maximum atomic E-state index is 12.3. The molecule has 7 heteroatoms. The summed E-state index contributed by atoms with van der Waals surface area (Å²) in [6.07, 6.45) is 0.572. The summed E-state index contributed by atoms with van der Waals surface area (Å²) in [5.41, 5.74) is 0.706. The van der Waals surface area contributed by atoms with Crippen molar-refractivity contribution in [2.75, 3.05) is 19.6 Å². The van der Waals surface area contributed by atoms with E-state index in [1.54, 1.807) is 24.3 Å². The van der Waals surface area contributed by atoms with E-state index in [4.69, 9.17) is 5.11 Å². The van der Waals surface area contributed by atoms with Gasteiger partial charge in [0.15, 0.2) is 0 Å². The maximum Gasteiger partial charge on any atom is 0.305 e. The minimum atomic E-state index is -0.968. The lowest BCUT2D eigenvalue weighted by Gasteiger charge is -2.22.